The lowest BCUT2D eigenvalue weighted by atomic mass is 9.98. The third-order valence-electron chi connectivity index (χ3n) is 4.33. The minimum absolute atomic E-state index is 0.0626. The summed E-state index contributed by atoms with van der Waals surface area (Å²) in [6.45, 7) is 4.78. The fourth-order valence-electron chi connectivity index (χ4n) is 3.13. The molecule has 5 heteroatoms. The average Bonchev–Trinajstić information content (AvgIpc) is 2.51. The number of benzene rings is 1. The standard InChI is InChI=1S/C17H20N2O3/c1-10-8-13(11(2)20)15-14(9-10)17(21)19(3)16(18-15)12-4-6-22-7-5-12/h8-9,12H,4-7H2,1-3H3. The topological polar surface area (TPSA) is 61.2 Å². The first-order valence-corrected chi connectivity index (χ1v) is 7.59. The highest BCUT2D eigenvalue weighted by Gasteiger charge is 2.22. The van der Waals surface area contributed by atoms with Crippen LogP contribution in [0.5, 0.6) is 0 Å². The summed E-state index contributed by atoms with van der Waals surface area (Å²) in [7, 11) is 1.76. The van der Waals surface area contributed by atoms with E-state index in [9.17, 15) is 9.59 Å². The van der Waals surface area contributed by atoms with E-state index in [0.29, 0.717) is 29.7 Å². The van der Waals surface area contributed by atoms with Crippen molar-refractivity contribution in [3.05, 3.63) is 39.4 Å². The lowest BCUT2D eigenvalue weighted by Crippen LogP contribution is -2.27. The molecule has 1 aliphatic heterocycles. The molecule has 2 aromatic rings. The Bertz CT molecular complexity index is 802. The summed E-state index contributed by atoms with van der Waals surface area (Å²) in [6.07, 6.45) is 1.71. The van der Waals surface area contributed by atoms with Crippen molar-refractivity contribution in [2.24, 2.45) is 7.05 Å². The molecule has 1 aliphatic rings. The number of fused-ring (bicyclic) bond motifs is 1. The number of Topliss-reactive ketones (excluding diaryl/α,β-unsaturated/α-hetero) is 1. The number of hydrogen-bond donors (Lipinski definition) is 0. The molecule has 0 amide bonds. The van der Waals surface area contributed by atoms with Gasteiger partial charge in [-0.2, -0.15) is 0 Å². The molecule has 0 N–H and O–H groups in total. The van der Waals surface area contributed by atoms with Crippen LogP contribution >= 0.6 is 0 Å². The van der Waals surface area contributed by atoms with Crippen LogP contribution in [0.1, 0.15) is 47.4 Å². The van der Waals surface area contributed by atoms with Gasteiger partial charge in [-0.15, -0.1) is 0 Å². The first-order valence-electron chi connectivity index (χ1n) is 7.59. The summed E-state index contributed by atoms with van der Waals surface area (Å²) in [5.74, 6) is 0.900. The number of carbonyl (C=O) groups excluding carboxylic acids is 1. The van der Waals surface area contributed by atoms with E-state index >= 15 is 0 Å². The number of ketones is 1. The summed E-state index contributed by atoms with van der Waals surface area (Å²) in [6, 6.07) is 3.62. The molecular weight excluding hydrogens is 280 g/mol. The summed E-state index contributed by atoms with van der Waals surface area (Å²) < 4.78 is 7.01. The summed E-state index contributed by atoms with van der Waals surface area (Å²) in [4.78, 5) is 29.3. The van der Waals surface area contributed by atoms with E-state index in [0.717, 1.165) is 24.2 Å². The van der Waals surface area contributed by atoms with Crippen molar-refractivity contribution in [2.75, 3.05) is 13.2 Å². The molecule has 2 heterocycles. The van der Waals surface area contributed by atoms with E-state index < -0.39 is 0 Å². The van der Waals surface area contributed by atoms with Crippen molar-refractivity contribution in [3.8, 4) is 0 Å². The summed E-state index contributed by atoms with van der Waals surface area (Å²) in [5.41, 5.74) is 1.87. The van der Waals surface area contributed by atoms with Gasteiger partial charge in [0.15, 0.2) is 5.78 Å². The van der Waals surface area contributed by atoms with Crippen LogP contribution in [0, 0.1) is 6.92 Å². The van der Waals surface area contributed by atoms with E-state index in [1.807, 2.05) is 19.1 Å². The molecule has 1 aromatic carbocycles. The smallest absolute Gasteiger partial charge is 0.261 e. The second kappa shape index (κ2) is 5.65. The Kier molecular flexibility index (Phi) is 3.83. The largest absolute Gasteiger partial charge is 0.381 e. The minimum Gasteiger partial charge on any atom is -0.381 e. The van der Waals surface area contributed by atoms with Gasteiger partial charge in [-0.1, -0.05) is 0 Å². The van der Waals surface area contributed by atoms with Crippen molar-refractivity contribution in [1.82, 2.24) is 9.55 Å². The normalized spacial score (nSPS) is 16.1. The molecular formula is C17H20N2O3. The van der Waals surface area contributed by atoms with Gasteiger partial charge >= 0.3 is 0 Å². The zero-order valence-corrected chi connectivity index (χ0v) is 13.2. The second-order valence-electron chi connectivity index (χ2n) is 5.99. The highest BCUT2D eigenvalue weighted by atomic mass is 16.5. The third kappa shape index (κ3) is 2.46. The Morgan fingerprint density at radius 2 is 2.00 bits per heavy atom. The van der Waals surface area contributed by atoms with E-state index in [-0.39, 0.29) is 17.3 Å². The van der Waals surface area contributed by atoms with Crippen molar-refractivity contribution in [3.63, 3.8) is 0 Å². The number of aromatic nitrogens is 2. The fourth-order valence-corrected chi connectivity index (χ4v) is 3.13. The Balaban J connectivity index is 2.29. The molecule has 0 atom stereocenters. The van der Waals surface area contributed by atoms with Crippen LogP contribution in [0.4, 0.5) is 0 Å². The highest BCUT2D eigenvalue weighted by molar-refractivity contribution is 6.05. The van der Waals surface area contributed by atoms with E-state index in [4.69, 9.17) is 9.72 Å². The van der Waals surface area contributed by atoms with Gasteiger partial charge in [0.1, 0.15) is 5.82 Å². The van der Waals surface area contributed by atoms with Crippen molar-refractivity contribution < 1.29 is 9.53 Å². The van der Waals surface area contributed by atoms with Crippen LogP contribution in [0.25, 0.3) is 10.9 Å². The molecule has 1 aromatic heterocycles. The van der Waals surface area contributed by atoms with E-state index in [2.05, 4.69) is 0 Å². The maximum Gasteiger partial charge on any atom is 0.261 e. The first kappa shape index (κ1) is 14.9. The van der Waals surface area contributed by atoms with Gasteiger partial charge in [0, 0.05) is 31.7 Å². The number of ether oxygens (including phenoxy) is 1. The number of rotatable bonds is 2. The number of nitrogens with zero attached hydrogens (tertiary/aromatic N) is 2. The van der Waals surface area contributed by atoms with Crippen molar-refractivity contribution in [2.45, 2.75) is 32.6 Å². The van der Waals surface area contributed by atoms with Crippen LogP contribution in [-0.4, -0.2) is 28.5 Å². The van der Waals surface area contributed by atoms with Crippen molar-refractivity contribution >= 4 is 16.7 Å². The van der Waals surface area contributed by atoms with Gasteiger partial charge < -0.3 is 4.74 Å². The lowest BCUT2D eigenvalue weighted by molar-refractivity contribution is 0.0828. The van der Waals surface area contributed by atoms with Gasteiger partial charge in [-0.3, -0.25) is 14.2 Å². The van der Waals surface area contributed by atoms with Crippen molar-refractivity contribution in [1.29, 1.82) is 0 Å². The maximum atomic E-state index is 12.7. The van der Waals surface area contributed by atoms with Crippen LogP contribution in [0.15, 0.2) is 16.9 Å². The molecule has 0 unspecified atom stereocenters. The number of carbonyl (C=O) groups is 1. The summed E-state index contributed by atoms with van der Waals surface area (Å²) >= 11 is 0. The molecule has 0 radical (unpaired) electrons. The van der Waals surface area contributed by atoms with E-state index in [1.54, 1.807) is 11.6 Å². The molecule has 22 heavy (non-hydrogen) atoms. The van der Waals surface area contributed by atoms with Gasteiger partial charge in [-0.25, -0.2) is 4.98 Å². The van der Waals surface area contributed by atoms with Gasteiger partial charge in [0.2, 0.25) is 0 Å². The van der Waals surface area contributed by atoms with Crippen LogP contribution in [-0.2, 0) is 11.8 Å². The summed E-state index contributed by atoms with van der Waals surface area (Å²) in [5, 5.41) is 0.517. The molecule has 0 aliphatic carbocycles. The molecule has 5 nitrogen and oxygen atoms in total. The molecule has 0 bridgehead atoms. The Morgan fingerprint density at radius 1 is 1.32 bits per heavy atom. The molecule has 0 spiro atoms. The quantitative estimate of drug-likeness (QED) is 0.799. The predicted octanol–water partition coefficient (Wildman–Crippen LogP) is 2.34. The Labute approximate surface area is 128 Å². The van der Waals surface area contributed by atoms with Gasteiger partial charge in [0.05, 0.1) is 10.9 Å². The van der Waals surface area contributed by atoms with Gasteiger partial charge in [-0.05, 0) is 44.4 Å². The first-order chi connectivity index (χ1) is 10.5. The molecule has 116 valence electrons. The monoisotopic (exact) mass is 300 g/mol. The van der Waals surface area contributed by atoms with E-state index in [1.165, 1.54) is 6.92 Å². The lowest BCUT2D eigenvalue weighted by Gasteiger charge is -2.23. The average molecular weight is 300 g/mol. The minimum atomic E-state index is -0.0855. The SMILES string of the molecule is CC(=O)c1cc(C)cc2c(=O)n(C)c(C3CCOCC3)nc12. The Hall–Kier alpha value is -2.01. The zero-order chi connectivity index (χ0) is 15.9. The van der Waals surface area contributed by atoms with Crippen LogP contribution in [0.2, 0.25) is 0 Å². The van der Waals surface area contributed by atoms with Crippen LogP contribution in [0.3, 0.4) is 0 Å². The Morgan fingerprint density at radius 3 is 2.64 bits per heavy atom. The molecule has 1 fully saturated rings. The zero-order valence-electron chi connectivity index (χ0n) is 13.2. The molecule has 0 saturated carbocycles. The molecule has 3 rings (SSSR count). The van der Waals surface area contributed by atoms with Gasteiger partial charge in [0.25, 0.3) is 5.56 Å². The predicted molar refractivity (Wildman–Crippen MR) is 84.5 cm³/mol. The number of hydrogen-bond acceptors (Lipinski definition) is 4. The maximum absolute atomic E-state index is 12.7. The second-order valence-corrected chi connectivity index (χ2v) is 5.99. The molecule has 1 saturated heterocycles. The third-order valence-corrected chi connectivity index (χ3v) is 4.33. The number of aryl methyl sites for hydroxylation is 1. The van der Waals surface area contributed by atoms with Crippen LogP contribution < -0.4 is 5.56 Å². The fraction of sp³-hybridized carbons (Fsp3) is 0.471. The highest BCUT2D eigenvalue weighted by Crippen LogP contribution is 2.26.